The molecule has 1 heterocycles. The van der Waals surface area contributed by atoms with E-state index in [0.29, 0.717) is 17.7 Å². The second-order valence-corrected chi connectivity index (χ2v) is 6.80. The molecule has 29 heavy (non-hydrogen) atoms. The summed E-state index contributed by atoms with van der Waals surface area (Å²) in [5.41, 5.74) is 1.27. The molecule has 2 aromatic carbocycles. The van der Waals surface area contributed by atoms with Gasteiger partial charge in [-0.25, -0.2) is 4.39 Å². The predicted molar refractivity (Wildman–Crippen MR) is 99.6 cm³/mol. The molecule has 0 fully saturated rings. The SMILES string of the molecule is CCC(=O)N(Cc1ccc(C(F)(F)F)cc1)C[C@@H]1CC(c2ccc(F)cc2)=NO1. The number of halogens is 4. The number of benzene rings is 2. The molecular weight excluding hydrogens is 388 g/mol. The third kappa shape index (κ3) is 5.34. The highest BCUT2D eigenvalue weighted by atomic mass is 19.4. The first-order chi connectivity index (χ1) is 13.8. The minimum absolute atomic E-state index is 0.135. The van der Waals surface area contributed by atoms with E-state index in [9.17, 15) is 22.4 Å². The molecule has 0 radical (unpaired) electrons. The van der Waals surface area contributed by atoms with E-state index >= 15 is 0 Å². The largest absolute Gasteiger partial charge is 0.416 e. The van der Waals surface area contributed by atoms with Crippen molar-refractivity contribution in [3.63, 3.8) is 0 Å². The van der Waals surface area contributed by atoms with E-state index in [1.165, 1.54) is 24.3 Å². The van der Waals surface area contributed by atoms with Crippen LogP contribution in [0.5, 0.6) is 0 Å². The molecule has 0 spiro atoms. The molecule has 3 rings (SSSR count). The molecule has 154 valence electrons. The van der Waals surface area contributed by atoms with E-state index < -0.39 is 11.7 Å². The Hall–Kier alpha value is -2.90. The molecule has 0 bridgehead atoms. The summed E-state index contributed by atoms with van der Waals surface area (Å²) in [5, 5.41) is 4.03. The zero-order valence-electron chi connectivity index (χ0n) is 15.7. The van der Waals surface area contributed by atoms with Crippen molar-refractivity contribution in [2.75, 3.05) is 6.54 Å². The number of nitrogens with zero attached hydrogens (tertiary/aromatic N) is 2. The lowest BCUT2D eigenvalue weighted by Gasteiger charge is -2.24. The fourth-order valence-electron chi connectivity index (χ4n) is 3.08. The van der Waals surface area contributed by atoms with Crippen molar-refractivity contribution in [1.82, 2.24) is 4.90 Å². The van der Waals surface area contributed by atoms with Crippen molar-refractivity contribution in [3.05, 3.63) is 71.0 Å². The normalized spacial score (nSPS) is 16.3. The summed E-state index contributed by atoms with van der Waals surface area (Å²) in [7, 11) is 0. The van der Waals surface area contributed by atoms with Gasteiger partial charge in [0.2, 0.25) is 5.91 Å². The molecule has 1 atom stereocenters. The number of amides is 1. The summed E-state index contributed by atoms with van der Waals surface area (Å²) in [4.78, 5) is 19.3. The Morgan fingerprint density at radius 2 is 1.79 bits per heavy atom. The minimum Gasteiger partial charge on any atom is -0.390 e. The van der Waals surface area contributed by atoms with Crippen molar-refractivity contribution in [1.29, 1.82) is 0 Å². The van der Waals surface area contributed by atoms with Gasteiger partial charge in [-0.15, -0.1) is 0 Å². The molecule has 1 aliphatic heterocycles. The second kappa shape index (κ2) is 8.63. The van der Waals surface area contributed by atoms with Crippen LogP contribution in [0.25, 0.3) is 0 Å². The maximum Gasteiger partial charge on any atom is 0.416 e. The van der Waals surface area contributed by atoms with Crippen LogP contribution < -0.4 is 0 Å². The average molecular weight is 408 g/mol. The summed E-state index contributed by atoms with van der Waals surface area (Å²) in [6.07, 6.45) is -4.06. The molecule has 1 amide bonds. The fourth-order valence-corrected chi connectivity index (χ4v) is 3.08. The summed E-state index contributed by atoms with van der Waals surface area (Å²) in [6.45, 7) is 2.15. The van der Waals surface area contributed by atoms with Crippen molar-refractivity contribution in [3.8, 4) is 0 Å². The van der Waals surface area contributed by atoms with Crippen LogP contribution in [0, 0.1) is 5.82 Å². The lowest BCUT2D eigenvalue weighted by molar-refractivity contribution is -0.137. The zero-order chi connectivity index (χ0) is 21.0. The summed E-state index contributed by atoms with van der Waals surface area (Å²) >= 11 is 0. The van der Waals surface area contributed by atoms with Gasteiger partial charge in [0.15, 0.2) is 6.10 Å². The Morgan fingerprint density at radius 3 is 2.38 bits per heavy atom. The number of rotatable bonds is 6. The van der Waals surface area contributed by atoms with Crippen LogP contribution in [-0.2, 0) is 22.4 Å². The lowest BCUT2D eigenvalue weighted by Crippen LogP contribution is -2.36. The van der Waals surface area contributed by atoms with E-state index in [1.807, 2.05) is 0 Å². The highest BCUT2D eigenvalue weighted by Crippen LogP contribution is 2.29. The van der Waals surface area contributed by atoms with Gasteiger partial charge in [0.1, 0.15) is 5.82 Å². The first-order valence-corrected chi connectivity index (χ1v) is 9.18. The lowest BCUT2D eigenvalue weighted by atomic mass is 10.0. The van der Waals surface area contributed by atoms with E-state index in [0.717, 1.165) is 17.7 Å². The molecular formula is C21H20F4N2O2. The molecule has 2 aromatic rings. The van der Waals surface area contributed by atoms with E-state index in [-0.39, 0.29) is 37.3 Å². The Balaban J connectivity index is 1.64. The van der Waals surface area contributed by atoms with Gasteiger partial charge in [-0.3, -0.25) is 4.79 Å². The number of carbonyl (C=O) groups excluding carboxylic acids is 1. The number of oxime groups is 1. The number of hydrogen-bond acceptors (Lipinski definition) is 3. The molecule has 8 heteroatoms. The molecule has 0 saturated carbocycles. The molecule has 0 N–H and O–H groups in total. The maximum atomic E-state index is 13.1. The van der Waals surface area contributed by atoms with Crippen molar-refractivity contribution in [2.45, 2.75) is 38.6 Å². The van der Waals surface area contributed by atoms with Crippen LogP contribution >= 0.6 is 0 Å². The summed E-state index contributed by atoms with van der Waals surface area (Å²) < 4.78 is 51.2. The molecule has 0 aliphatic carbocycles. The van der Waals surface area contributed by atoms with Gasteiger partial charge in [-0.2, -0.15) is 13.2 Å². The summed E-state index contributed by atoms with van der Waals surface area (Å²) in [6, 6.07) is 10.6. The topological polar surface area (TPSA) is 41.9 Å². The van der Waals surface area contributed by atoms with Crippen LogP contribution in [0.4, 0.5) is 17.6 Å². The number of alkyl halides is 3. The van der Waals surface area contributed by atoms with E-state index in [1.54, 1.807) is 24.0 Å². The Kier molecular flexibility index (Phi) is 6.20. The third-order valence-corrected chi connectivity index (χ3v) is 4.64. The fraction of sp³-hybridized carbons (Fsp3) is 0.333. The number of carbonyl (C=O) groups is 1. The summed E-state index contributed by atoms with van der Waals surface area (Å²) in [5.74, 6) is -0.482. The van der Waals surface area contributed by atoms with Gasteiger partial charge >= 0.3 is 6.18 Å². The third-order valence-electron chi connectivity index (χ3n) is 4.64. The zero-order valence-corrected chi connectivity index (χ0v) is 15.7. The van der Waals surface area contributed by atoms with Crippen LogP contribution in [0.1, 0.15) is 36.5 Å². The maximum absolute atomic E-state index is 13.1. The van der Waals surface area contributed by atoms with Crippen LogP contribution in [0.3, 0.4) is 0 Å². The molecule has 0 aromatic heterocycles. The average Bonchev–Trinajstić information content (AvgIpc) is 3.15. The molecule has 4 nitrogen and oxygen atoms in total. The predicted octanol–water partition coefficient (Wildman–Crippen LogP) is 4.78. The van der Waals surface area contributed by atoms with Crippen LogP contribution in [-0.4, -0.2) is 29.2 Å². The molecule has 0 unspecified atom stereocenters. The number of hydrogen-bond donors (Lipinski definition) is 0. The molecule has 0 saturated heterocycles. The van der Waals surface area contributed by atoms with Crippen LogP contribution in [0.2, 0.25) is 0 Å². The second-order valence-electron chi connectivity index (χ2n) is 6.80. The van der Waals surface area contributed by atoms with Gasteiger partial charge in [-0.1, -0.05) is 36.3 Å². The Bertz CT molecular complexity index is 877. The van der Waals surface area contributed by atoms with Gasteiger partial charge in [-0.05, 0) is 35.4 Å². The van der Waals surface area contributed by atoms with E-state index in [2.05, 4.69) is 5.16 Å². The smallest absolute Gasteiger partial charge is 0.390 e. The van der Waals surface area contributed by atoms with Gasteiger partial charge < -0.3 is 9.74 Å². The van der Waals surface area contributed by atoms with Crippen molar-refractivity contribution >= 4 is 11.6 Å². The van der Waals surface area contributed by atoms with E-state index in [4.69, 9.17) is 4.84 Å². The monoisotopic (exact) mass is 408 g/mol. The minimum atomic E-state index is -4.40. The van der Waals surface area contributed by atoms with Crippen molar-refractivity contribution < 1.29 is 27.2 Å². The van der Waals surface area contributed by atoms with Gasteiger partial charge in [0.05, 0.1) is 17.8 Å². The Labute approximate surface area is 165 Å². The first kappa shape index (κ1) is 20.8. The first-order valence-electron chi connectivity index (χ1n) is 9.18. The van der Waals surface area contributed by atoms with Crippen molar-refractivity contribution in [2.24, 2.45) is 5.16 Å². The highest BCUT2D eigenvalue weighted by Gasteiger charge is 2.30. The Morgan fingerprint density at radius 1 is 1.14 bits per heavy atom. The molecule has 1 aliphatic rings. The highest BCUT2D eigenvalue weighted by molar-refractivity contribution is 6.01. The van der Waals surface area contributed by atoms with Crippen LogP contribution in [0.15, 0.2) is 53.7 Å². The standard InChI is InChI=1S/C21H20F4N2O2/c1-2-20(28)27(12-14-3-7-16(8-4-14)21(23,24)25)13-18-11-19(26-29-18)15-5-9-17(22)10-6-15/h3-10,18H,2,11-13H2,1H3/t18-/m0/s1. The van der Waals surface area contributed by atoms with Gasteiger partial charge in [0.25, 0.3) is 0 Å². The van der Waals surface area contributed by atoms with Gasteiger partial charge in [0, 0.05) is 19.4 Å². The quantitative estimate of drug-likeness (QED) is 0.646.